The molecule has 1 N–H and O–H groups in total. The first-order valence-electron chi connectivity index (χ1n) is 6.59. The van der Waals surface area contributed by atoms with Crippen LogP contribution in [0, 0.1) is 0 Å². The van der Waals surface area contributed by atoms with Crippen molar-refractivity contribution < 1.29 is 0 Å². The fourth-order valence-electron chi connectivity index (χ4n) is 1.95. The molecule has 2 nitrogen and oxygen atoms in total. The monoisotopic (exact) mass is 210 g/mol. The molecule has 0 aromatic carbocycles. The van der Waals surface area contributed by atoms with Crippen LogP contribution in [0.5, 0.6) is 0 Å². The van der Waals surface area contributed by atoms with Crippen LogP contribution in [0.3, 0.4) is 0 Å². The Bertz CT molecular complexity index is 160. The van der Waals surface area contributed by atoms with Crippen LogP contribution >= 0.6 is 0 Å². The topological polar surface area (TPSA) is 15.3 Å². The molecule has 0 aromatic heterocycles. The van der Waals surface area contributed by atoms with E-state index in [1.54, 1.807) is 0 Å². The summed E-state index contributed by atoms with van der Waals surface area (Å²) in [5.74, 6) is 0. The van der Waals surface area contributed by atoms with Crippen molar-refractivity contribution in [1.29, 1.82) is 0 Å². The van der Waals surface area contributed by atoms with Gasteiger partial charge < -0.3 is 5.43 Å². The summed E-state index contributed by atoms with van der Waals surface area (Å²) in [5.41, 5.74) is 3.37. The maximum atomic E-state index is 3.37. The summed E-state index contributed by atoms with van der Waals surface area (Å²) in [7, 11) is 0. The van der Waals surface area contributed by atoms with E-state index in [1.807, 2.05) is 0 Å². The van der Waals surface area contributed by atoms with Gasteiger partial charge in [0.1, 0.15) is 0 Å². The van der Waals surface area contributed by atoms with Gasteiger partial charge in [-0.05, 0) is 25.7 Å². The number of nitrogens with one attached hydrogen (secondary N) is 1. The quantitative estimate of drug-likeness (QED) is 0.647. The van der Waals surface area contributed by atoms with Crippen molar-refractivity contribution in [3.8, 4) is 0 Å². The number of allylic oxidation sites excluding steroid dienone is 1. The normalized spacial score (nSPS) is 18.5. The molecule has 0 aliphatic carbocycles. The van der Waals surface area contributed by atoms with E-state index in [4.69, 9.17) is 0 Å². The van der Waals surface area contributed by atoms with E-state index in [2.05, 4.69) is 29.6 Å². The van der Waals surface area contributed by atoms with Crippen molar-refractivity contribution in [2.75, 3.05) is 13.1 Å². The molecule has 0 radical (unpaired) electrons. The number of hydrogen-bond acceptors (Lipinski definition) is 2. The lowest BCUT2D eigenvalue weighted by molar-refractivity contribution is 0.183. The van der Waals surface area contributed by atoms with E-state index in [0.29, 0.717) is 0 Å². The first kappa shape index (κ1) is 12.6. The van der Waals surface area contributed by atoms with Crippen LogP contribution in [0.25, 0.3) is 0 Å². The minimum Gasteiger partial charge on any atom is -0.326 e. The largest absolute Gasteiger partial charge is 0.326 e. The molecule has 0 bridgehead atoms. The summed E-state index contributed by atoms with van der Waals surface area (Å²) >= 11 is 0. The zero-order valence-corrected chi connectivity index (χ0v) is 10.2. The molecule has 15 heavy (non-hydrogen) atoms. The second kappa shape index (κ2) is 8.78. The number of nitrogens with zero attached hydrogens (tertiary/aromatic N) is 1. The Kier molecular flexibility index (Phi) is 7.36. The summed E-state index contributed by atoms with van der Waals surface area (Å²) in [5, 5.41) is 2.33. The Balaban J connectivity index is 1.91. The van der Waals surface area contributed by atoms with E-state index in [9.17, 15) is 0 Å². The summed E-state index contributed by atoms with van der Waals surface area (Å²) in [4.78, 5) is 0. The summed E-state index contributed by atoms with van der Waals surface area (Å²) in [6.45, 7) is 4.67. The third kappa shape index (κ3) is 6.56. The Labute approximate surface area is 94.7 Å². The second-order valence-electron chi connectivity index (χ2n) is 4.43. The minimum absolute atomic E-state index is 1.21. The SMILES string of the molecule is CCCCCC/C=C/NN1CCCCC1. The fourth-order valence-corrected chi connectivity index (χ4v) is 1.95. The second-order valence-corrected chi connectivity index (χ2v) is 4.43. The van der Waals surface area contributed by atoms with Crippen molar-refractivity contribution >= 4 is 0 Å². The molecule has 0 aromatic rings. The van der Waals surface area contributed by atoms with Gasteiger partial charge in [0, 0.05) is 19.3 Å². The van der Waals surface area contributed by atoms with Gasteiger partial charge in [-0.3, -0.25) is 0 Å². The Morgan fingerprint density at radius 3 is 2.60 bits per heavy atom. The smallest absolute Gasteiger partial charge is 0.0178 e. The predicted octanol–water partition coefficient (Wildman–Crippen LogP) is 3.46. The molecule has 1 aliphatic rings. The Morgan fingerprint density at radius 2 is 1.87 bits per heavy atom. The standard InChI is InChI=1S/C13H26N2/c1-2-3-4-5-6-8-11-14-15-12-9-7-10-13-15/h8,11,14H,2-7,9-10,12-13H2,1H3/b11-8+. The maximum absolute atomic E-state index is 3.37. The van der Waals surface area contributed by atoms with Crippen molar-refractivity contribution in [2.45, 2.75) is 58.3 Å². The van der Waals surface area contributed by atoms with Gasteiger partial charge in [-0.2, -0.15) is 0 Å². The average molecular weight is 210 g/mol. The highest BCUT2D eigenvalue weighted by atomic mass is 15.5. The molecule has 2 heteroatoms. The molecule has 1 heterocycles. The van der Waals surface area contributed by atoms with Gasteiger partial charge in [-0.25, -0.2) is 5.01 Å². The number of hydrogen-bond donors (Lipinski definition) is 1. The zero-order chi connectivity index (χ0) is 10.8. The van der Waals surface area contributed by atoms with Crippen molar-refractivity contribution in [2.24, 2.45) is 0 Å². The third-order valence-electron chi connectivity index (χ3n) is 2.96. The highest BCUT2D eigenvalue weighted by molar-refractivity contribution is 4.79. The van der Waals surface area contributed by atoms with E-state index in [1.165, 1.54) is 64.5 Å². The van der Waals surface area contributed by atoms with Gasteiger partial charge in [0.25, 0.3) is 0 Å². The molecule has 0 saturated carbocycles. The molecule has 0 unspecified atom stereocenters. The first-order valence-corrected chi connectivity index (χ1v) is 6.59. The van der Waals surface area contributed by atoms with Gasteiger partial charge in [0.15, 0.2) is 0 Å². The summed E-state index contributed by atoms with van der Waals surface area (Å²) in [6, 6.07) is 0. The number of hydrazine groups is 1. The Hall–Kier alpha value is -0.500. The molecule has 1 saturated heterocycles. The van der Waals surface area contributed by atoms with Crippen molar-refractivity contribution in [1.82, 2.24) is 10.4 Å². The lowest BCUT2D eigenvalue weighted by Crippen LogP contribution is -2.38. The van der Waals surface area contributed by atoms with Crippen LogP contribution in [0.15, 0.2) is 12.3 Å². The molecular formula is C13H26N2. The highest BCUT2D eigenvalue weighted by Crippen LogP contribution is 2.06. The van der Waals surface area contributed by atoms with Crippen LogP contribution in [-0.2, 0) is 0 Å². The predicted molar refractivity (Wildman–Crippen MR) is 66.5 cm³/mol. The zero-order valence-electron chi connectivity index (χ0n) is 10.2. The molecule has 1 fully saturated rings. The molecule has 1 rings (SSSR count). The molecule has 0 amide bonds. The highest BCUT2D eigenvalue weighted by Gasteiger charge is 2.06. The van der Waals surface area contributed by atoms with Crippen LogP contribution in [0.4, 0.5) is 0 Å². The van der Waals surface area contributed by atoms with E-state index < -0.39 is 0 Å². The van der Waals surface area contributed by atoms with Gasteiger partial charge in [0.2, 0.25) is 0 Å². The lowest BCUT2D eigenvalue weighted by atomic mass is 10.1. The molecule has 0 atom stereocenters. The third-order valence-corrected chi connectivity index (χ3v) is 2.96. The van der Waals surface area contributed by atoms with Gasteiger partial charge in [-0.15, -0.1) is 0 Å². The molecule has 1 aliphatic heterocycles. The van der Waals surface area contributed by atoms with Crippen LogP contribution in [-0.4, -0.2) is 18.1 Å². The number of piperidine rings is 1. The molecule has 88 valence electrons. The van der Waals surface area contributed by atoms with Crippen molar-refractivity contribution in [3.05, 3.63) is 12.3 Å². The summed E-state index contributed by atoms with van der Waals surface area (Å²) < 4.78 is 0. The lowest BCUT2D eigenvalue weighted by Gasteiger charge is -2.25. The van der Waals surface area contributed by atoms with E-state index in [0.717, 1.165) is 0 Å². The molecule has 0 spiro atoms. The number of rotatable bonds is 7. The van der Waals surface area contributed by atoms with Crippen LogP contribution in [0.2, 0.25) is 0 Å². The molecular weight excluding hydrogens is 184 g/mol. The van der Waals surface area contributed by atoms with E-state index >= 15 is 0 Å². The van der Waals surface area contributed by atoms with E-state index in [-0.39, 0.29) is 0 Å². The summed E-state index contributed by atoms with van der Waals surface area (Å²) in [6.07, 6.45) is 15.1. The van der Waals surface area contributed by atoms with Crippen LogP contribution < -0.4 is 5.43 Å². The van der Waals surface area contributed by atoms with Crippen LogP contribution in [0.1, 0.15) is 58.3 Å². The van der Waals surface area contributed by atoms with Crippen molar-refractivity contribution in [3.63, 3.8) is 0 Å². The number of unbranched alkanes of at least 4 members (excludes halogenated alkanes) is 4. The first-order chi connectivity index (χ1) is 7.43. The van der Waals surface area contributed by atoms with Gasteiger partial charge >= 0.3 is 0 Å². The minimum atomic E-state index is 1.21. The van der Waals surface area contributed by atoms with Gasteiger partial charge in [0.05, 0.1) is 0 Å². The fraction of sp³-hybridized carbons (Fsp3) is 0.846. The average Bonchev–Trinajstić information content (AvgIpc) is 2.29. The Morgan fingerprint density at radius 1 is 1.07 bits per heavy atom. The van der Waals surface area contributed by atoms with Gasteiger partial charge in [-0.1, -0.05) is 38.7 Å². The maximum Gasteiger partial charge on any atom is 0.0178 e.